The maximum atomic E-state index is 14.0. The highest BCUT2D eigenvalue weighted by atomic mass is 19.1. The van der Waals surface area contributed by atoms with Gasteiger partial charge < -0.3 is 9.84 Å². The molecule has 1 aromatic heterocycles. The van der Waals surface area contributed by atoms with Crippen LogP contribution in [-0.4, -0.2) is 27.7 Å². The minimum atomic E-state index is -0.908. The van der Waals surface area contributed by atoms with Gasteiger partial charge in [-0.15, -0.1) is 0 Å². The van der Waals surface area contributed by atoms with Crippen LogP contribution in [0.3, 0.4) is 0 Å². The fourth-order valence-corrected chi connectivity index (χ4v) is 3.17. The molecule has 0 bridgehead atoms. The van der Waals surface area contributed by atoms with Gasteiger partial charge in [-0.1, -0.05) is 6.07 Å². The molecule has 28 heavy (non-hydrogen) atoms. The number of esters is 1. The van der Waals surface area contributed by atoms with E-state index in [4.69, 9.17) is 4.74 Å². The topological polar surface area (TPSA) is 68.5 Å². The van der Waals surface area contributed by atoms with Gasteiger partial charge in [-0.05, 0) is 50.6 Å². The molecule has 0 aliphatic rings. The van der Waals surface area contributed by atoms with E-state index in [2.05, 4.69) is 0 Å². The predicted octanol–water partition coefficient (Wildman–Crippen LogP) is 4.12. The molecule has 0 saturated heterocycles. The smallest absolute Gasteiger partial charge is 0.310 e. The van der Waals surface area contributed by atoms with E-state index in [1.54, 1.807) is 20.8 Å². The van der Waals surface area contributed by atoms with E-state index < -0.39 is 29.3 Å². The van der Waals surface area contributed by atoms with Crippen LogP contribution in [0.2, 0.25) is 0 Å². The standard InChI is InChI=1S/C21H19F2NO4/c1-11(2)28-20(26)9-15-12(3)24(18-10-17(23)19(25)8-16(15)18)21(27)13-5-4-6-14(22)7-13/h4-8,10-11,25H,9H2,1-3H3. The molecule has 0 unspecified atom stereocenters. The first-order chi connectivity index (χ1) is 13.2. The van der Waals surface area contributed by atoms with Crippen molar-refractivity contribution < 1.29 is 28.2 Å². The molecule has 5 nitrogen and oxygen atoms in total. The maximum Gasteiger partial charge on any atom is 0.310 e. The average Bonchev–Trinajstić information content (AvgIpc) is 2.85. The monoisotopic (exact) mass is 387 g/mol. The Morgan fingerprint density at radius 3 is 2.54 bits per heavy atom. The van der Waals surface area contributed by atoms with E-state index in [1.165, 1.54) is 28.8 Å². The molecule has 0 fully saturated rings. The highest BCUT2D eigenvalue weighted by Crippen LogP contribution is 2.32. The van der Waals surface area contributed by atoms with Gasteiger partial charge in [0.15, 0.2) is 11.6 Å². The van der Waals surface area contributed by atoms with E-state index in [1.807, 2.05) is 0 Å². The molecule has 0 atom stereocenters. The van der Waals surface area contributed by atoms with Gasteiger partial charge in [-0.2, -0.15) is 0 Å². The fraction of sp³-hybridized carbons (Fsp3) is 0.238. The van der Waals surface area contributed by atoms with Gasteiger partial charge in [0, 0.05) is 22.7 Å². The number of phenols is 1. The largest absolute Gasteiger partial charge is 0.505 e. The summed E-state index contributed by atoms with van der Waals surface area (Å²) in [7, 11) is 0. The lowest BCUT2D eigenvalue weighted by Crippen LogP contribution is -2.16. The molecular formula is C21H19F2NO4. The highest BCUT2D eigenvalue weighted by molar-refractivity contribution is 6.05. The van der Waals surface area contributed by atoms with Crippen molar-refractivity contribution in [1.82, 2.24) is 4.57 Å². The third-order valence-electron chi connectivity index (χ3n) is 4.37. The van der Waals surface area contributed by atoms with Crippen molar-refractivity contribution in [1.29, 1.82) is 0 Å². The molecular weight excluding hydrogens is 368 g/mol. The van der Waals surface area contributed by atoms with E-state index in [0.29, 0.717) is 16.6 Å². The first-order valence-electron chi connectivity index (χ1n) is 8.71. The Morgan fingerprint density at radius 1 is 1.18 bits per heavy atom. The minimum Gasteiger partial charge on any atom is -0.505 e. The third kappa shape index (κ3) is 3.60. The summed E-state index contributed by atoms with van der Waals surface area (Å²) in [6.45, 7) is 5.02. The van der Waals surface area contributed by atoms with Gasteiger partial charge in [0.1, 0.15) is 5.82 Å². The van der Waals surface area contributed by atoms with Crippen molar-refractivity contribution in [2.75, 3.05) is 0 Å². The van der Waals surface area contributed by atoms with Gasteiger partial charge in [-0.3, -0.25) is 14.2 Å². The number of aromatic hydroxyl groups is 1. The van der Waals surface area contributed by atoms with E-state index in [9.17, 15) is 23.5 Å². The van der Waals surface area contributed by atoms with Crippen molar-refractivity contribution in [3.63, 3.8) is 0 Å². The highest BCUT2D eigenvalue weighted by Gasteiger charge is 2.24. The molecule has 7 heteroatoms. The van der Waals surface area contributed by atoms with Crippen LogP contribution in [0.5, 0.6) is 5.75 Å². The number of fused-ring (bicyclic) bond motifs is 1. The van der Waals surface area contributed by atoms with Crippen LogP contribution < -0.4 is 0 Å². The third-order valence-corrected chi connectivity index (χ3v) is 4.37. The van der Waals surface area contributed by atoms with Gasteiger partial charge in [0.25, 0.3) is 5.91 Å². The summed E-state index contributed by atoms with van der Waals surface area (Å²) in [4.78, 5) is 25.2. The second-order valence-electron chi connectivity index (χ2n) is 6.75. The molecule has 146 valence electrons. The molecule has 2 aromatic carbocycles. The fourth-order valence-electron chi connectivity index (χ4n) is 3.17. The number of hydrogen-bond donors (Lipinski definition) is 1. The molecule has 0 amide bonds. The van der Waals surface area contributed by atoms with Crippen LogP contribution in [0, 0.1) is 18.6 Å². The zero-order valence-corrected chi connectivity index (χ0v) is 15.6. The lowest BCUT2D eigenvalue weighted by Gasteiger charge is -2.09. The SMILES string of the molecule is Cc1c(CC(=O)OC(C)C)c2cc(O)c(F)cc2n1C(=O)c1cccc(F)c1. The number of halogens is 2. The van der Waals surface area contributed by atoms with Crippen LogP contribution in [0.1, 0.15) is 35.5 Å². The van der Waals surface area contributed by atoms with Crippen LogP contribution in [0.15, 0.2) is 36.4 Å². The van der Waals surface area contributed by atoms with Crippen molar-refractivity contribution in [3.05, 3.63) is 64.9 Å². The molecule has 0 radical (unpaired) electrons. The Morgan fingerprint density at radius 2 is 1.89 bits per heavy atom. The Kier molecular flexibility index (Phi) is 5.18. The number of carbonyl (C=O) groups excluding carboxylic acids is 2. The lowest BCUT2D eigenvalue weighted by molar-refractivity contribution is -0.146. The molecule has 0 aliphatic carbocycles. The molecule has 0 aliphatic heterocycles. The number of rotatable bonds is 4. The Labute approximate surface area is 160 Å². The molecule has 1 heterocycles. The van der Waals surface area contributed by atoms with Gasteiger partial charge in [-0.25, -0.2) is 8.78 Å². The number of nitrogens with zero attached hydrogens (tertiary/aromatic N) is 1. The number of hydrogen-bond acceptors (Lipinski definition) is 4. The van der Waals surface area contributed by atoms with Crippen LogP contribution in [0.4, 0.5) is 8.78 Å². The zero-order chi connectivity index (χ0) is 20.6. The van der Waals surface area contributed by atoms with Crippen LogP contribution in [-0.2, 0) is 16.0 Å². The summed E-state index contributed by atoms with van der Waals surface area (Å²) in [5.41, 5.74) is 1.06. The molecule has 3 aromatic rings. The van der Waals surface area contributed by atoms with Crippen molar-refractivity contribution in [2.45, 2.75) is 33.3 Å². The van der Waals surface area contributed by atoms with Gasteiger partial charge >= 0.3 is 5.97 Å². The predicted molar refractivity (Wildman–Crippen MR) is 99.4 cm³/mol. The van der Waals surface area contributed by atoms with Crippen LogP contribution >= 0.6 is 0 Å². The second-order valence-corrected chi connectivity index (χ2v) is 6.75. The first-order valence-corrected chi connectivity index (χ1v) is 8.71. The minimum absolute atomic E-state index is 0.0739. The summed E-state index contributed by atoms with van der Waals surface area (Å²) < 4.78 is 33.9. The molecule has 0 saturated carbocycles. The summed E-state index contributed by atoms with van der Waals surface area (Å²) >= 11 is 0. The molecule has 1 N–H and O–H groups in total. The van der Waals surface area contributed by atoms with E-state index >= 15 is 0 Å². The quantitative estimate of drug-likeness (QED) is 0.684. The Balaban J connectivity index is 2.19. The van der Waals surface area contributed by atoms with E-state index in [-0.39, 0.29) is 23.6 Å². The summed E-state index contributed by atoms with van der Waals surface area (Å²) in [6, 6.07) is 7.33. The number of carbonyl (C=O) groups is 2. The number of ether oxygens (including phenoxy) is 1. The normalized spacial score (nSPS) is 11.2. The Hall–Kier alpha value is -3.22. The summed E-state index contributed by atoms with van der Waals surface area (Å²) in [5.74, 6) is -3.17. The zero-order valence-electron chi connectivity index (χ0n) is 15.6. The number of phenolic OH excluding ortho intramolecular Hbond substituents is 1. The van der Waals surface area contributed by atoms with Crippen molar-refractivity contribution in [3.8, 4) is 5.75 Å². The Bertz CT molecular complexity index is 1090. The number of aromatic nitrogens is 1. The second kappa shape index (κ2) is 7.42. The lowest BCUT2D eigenvalue weighted by atomic mass is 10.1. The maximum absolute atomic E-state index is 14.0. The van der Waals surface area contributed by atoms with Crippen molar-refractivity contribution >= 4 is 22.8 Å². The summed E-state index contributed by atoms with van der Waals surface area (Å²) in [6.07, 6.45) is -0.476. The van der Waals surface area contributed by atoms with Crippen LogP contribution in [0.25, 0.3) is 10.9 Å². The van der Waals surface area contributed by atoms with Gasteiger partial charge in [0.2, 0.25) is 0 Å². The number of benzene rings is 2. The van der Waals surface area contributed by atoms with E-state index in [0.717, 1.165) is 12.1 Å². The first kappa shape index (κ1) is 19.5. The average molecular weight is 387 g/mol. The van der Waals surface area contributed by atoms with Crippen molar-refractivity contribution in [2.24, 2.45) is 0 Å². The molecule has 3 rings (SSSR count). The van der Waals surface area contributed by atoms with Gasteiger partial charge in [0.05, 0.1) is 18.0 Å². The molecule has 0 spiro atoms. The summed E-state index contributed by atoms with van der Waals surface area (Å²) in [5, 5.41) is 10.1.